The van der Waals surface area contributed by atoms with Crippen molar-refractivity contribution in [3.8, 4) is 0 Å². The molecule has 1 amide bonds. The Morgan fingerprint density at radius 1 is 1.56 bits per heavy atom. The topological polar surface area (TPSA) is 76.2 Å². The van der Waals surface area contributed by atoms with E-state index in [4.69, 9.17) is 5.73 Å². The van der Waals surface area contributed by atoms with Crippen molar-refractivity contribution in [3.05, 3.63) is 11.8 Å². The van der Waals surface area contributed by atoms with Gasteiger partial charge in [0, 0.05) is 18.7 Å². The lowest BCUT2D eigenvalue weighted by Gasteiger charge is -2.12. The molecule has 18 heavy (non-hydrogen) atoms. The molecule has 0 unspecified atom stereocenters. The van der Waals surface area contributed by atoms with Gasteiger partial charge in [-0.25, -0.2) is 0 Å². The van der Waals surface area contributed by atoms with E-state index in [1.54, 1.807) is 10.7 Å². The number of nitrogen functional groups attached to an aromatic ring is 1. The Balaban J connectivity index is 2.56. The van der Waals surface area contributed by atoms with Gasteiger partial charge in [0.2, 0.25) is 0 Å². The Morgan fingerprint density at radius 3 is 2.78 bits per heavy atom. The van der Waals surface area contributed by atoms with Crippen LogP contribution in [0.4, 0.5) is 5.82 Å². The number of carbonyl (C=O) groups excluding carboxylic acids is 1. The minimum atomic E-state index is -0.119. The number of nitrogens with two attached hydrogens (primary N) is 1. The van der Waals surface area contributed by atoms with Crippen molar-refractivity contribution >= 4 is 11.7 Å². The quantitative estimate of drug-likeness (QED) is 0.733. The summed E-state index contributed by atoms with van der Waals surface area (Å²) in [7, 11) is 4.02. The van der Waals surface area contributed by atoms with Crippen LogP contribution in [-0.2, 0) is 0 Å². The van der Waals surface area contributed by atoms with Crippen LogP contribution >= 0.6 is 0 Å². The Hall–Kier alpha value is -1.56. The first-order valence-electron chi connectivity index (χ1n) is 6.19. The molecule has 6 heteroatoms. The minimum Gasteiger partial charge on any atom is -0.382 e. The molecule has 0 spiro atoms. The van der Waals surface area contributed by atoms with Gasteiger partial charge in [0.25, 0.3) is 5.91 Å². The third kappa shape index (κ3) is 4.03. The number of nitrogens with zero attached hydrogens (tertiary/aromatic N) is 3. The molecule has 1 heterocycles. The highest BCUT2D eigenvalue weighted by atomic mass is 16.2. The van der Waals surface area contributed by atoms with Gasteiger partial charge in [-0.05, 0) is 40.9 Å². The number of rotatable bonds is 6. The lowest BCUT2D eigenvalue weighted by molar-refractivity contribution is 0.0939. The molecule has 0 atom stereocenters. The maximum Gasteiger partial charge on any atom is 0.269 e. The molecule has 0 aliphatic rings. The van der Waals surface area contributed by atoms with E-state index in [0.29, 0.717) is 18.1 Å². The number of aromatic nitrogens is 2. The molecule has 0 saturated heterocycles. The molecule has 0 radical (unpaired) electrons. The monoisotopic (exact) mass is 253 g/mol. The zero-order chi connectivity index (χ0) is 13.7. The maximum atomic E-state index is 12.0. The first-order valence-corrected chi connectivity index (χ1v) is 6.19. The van der Waals surface area contributed by atoms with Crippen LogP contribution in [0.2, 0.25) is 0 Å². The number of anilines is 1. The van der Waals surface area contributed by atoms with Crippen LogP contribution in [0.5, 0.6) is 0 Å². The van der Waals surface area contributed by atoms with Crippen molar-refractivity contribution in [2.24, 2.45) is 0 Å². The van der Waals surface area contributed by atoms with Gasteiger partial charge >= 0.3 is 0 Å². The van der Waals surface area contributed by atoms with Gasteiger partial charge in [-0.1, -0.05) is 0 Å². The number of hydrogen-bond donors (Lipinski definition) is 2. The number of carbonyl (C=O) groups is 1. The normalized spacial score (nSPS) is 11.2. The molecule has 0 aliphatic carbocycles. The summed E-state index contributed by atoms with van der Waals surface area (Å²) >= 11 is 0. The maximum absolute atomic E-state index is 12.0. The number of amides is 1. The largest absolute Gasteiger partial charge is 0.382 e. The van der Waals surface area contributed by atoms with Crippen molar-refractivity contribution in [3.63, 3.8) is 0 Å². The molecule has 0 aromatic carbocycles. The second-order valence-corrected chi connectivity index (χ2v) is 4.91. The van der Waals surface area contributed by atoms with E-state index < -0.39 is 0 Å². The van der Waals surface area contributed by atoms with Gasteiger partial charge < -0.3 is 16.0 Å². The fourth-order valence-corrected chi connectivity index (χ4v) is 1.66. The second kappa shape index (κ2) is 6.39. The summed E-state index contributed by atoms with van der Waals surface area (Å²) in [5, 5.41) is 6.99. The average molecular weight is 253 g/mol. The highest BCUT2D eigenvalue weighted by Crippen LogP contribution is 2.12. The van der Waals surface area contributed by atoms with E-state index in [0.717, 1.165) is 13.0 Å². The fourth-order valence-electron chi connectivity index (χ4n) is 1.66. The summed E-state index contributed by atoms with van der Waals surface area (Å²) in [6.07, 6.45) is 0.921. The first kappa shape index (κ1) is 14.5. The third-order valence-electron chi connectivity index (χ3n) is 2.54. The summed E-state index contributed by atoms with van der Waals surface area (Å²) in [5.74, 6) is 0.258. The van der Waals surface area contributed by atoms with Crippen LogP contribution < -0.4 is 11.1 Å². The van der Waals surface area contributed by atoms with E-state index in [9.17, 15) is 4.79 Å². The summed E-state index contributed by atoms with van der Waals surface area (Å²) in [5.41, 5.74) is 6.15. The first-order chi connectivity index (χ1) is 8.41. The molecule has 1 aromatic heterocycles. The molecular formula is C12H23N5O. The summed E-state index contributed by atoms with van der Waals surface area (Å²) < 4.78 is 1.65. The molecule has 1 aromatic rings. The van der Waals surface area contributed by atoms with Gasteiger partial charge in [0.15, 0.2) is 0 Å². The third-order valence-corrected chi connectivity index (χ3v) is 2.54. The molecule has 0 fully saturated rings. The standard InChI is InChI=1S/C12H23N5O/c1-9(2)17-10(8-11(13)15-17)12(18)14-6-5-7-16(3)4/h8-9H,5-7H2,1-4H3,(H2,13,15)(H,14,18). The van der Waals surface area contributed by atoms with E-state index in [2.05, 4.69) is 15.3 Å². The van der Waals surface area contributed by atoms with Crippen molar-refractivity contribution in [2.75, 3.05) is 32.9 Å². The summed E-state index contributed by atoms with van der Waals surface area (Å²) in [6, 6.07) is 1.73. The van der Waals surface area contributed by atoms with Gasteiger partial charge in [-0.15, -0.1) is 0 Å². The van der Waals surface area contributed by atoms with E-state index >= 15 is 0 Å². The van der Waals surface area contributed by atoms with Crippen LogP contribution in [0.3, 0.4) is 0 Å². The van der Waals surface area contributed by atoms with Gasteiger partial charge in [0.05, 0.1) is 0 Å². The van der Waals surface area contributed by atoms with Crippen molar-refractivity contribution < 1.29 is 4.79 Å². The second-order valence-electron chi connectivity index (χ2n) is 4.91. The van der Waals surface area contributed by atoms with E-state index in [-0.39, 0.29) is 11.9 Å². The lowest BCUT2D eigenvalue weighted by Crippen LogP contribution is -2.29. The van der Waals surface area contributed by atoms with Gasteiger partial charge in [-0.2, -0.15) is 5.10 Å². The minimum absolute atomic E-state index is 0.116. The van der Waals surface area contributed by atoms with Crippen LogP contribution in [0.25, 0.3) is 0 Å². The molecule has 3 N–H and O–H groups in total. The Labute approximate surface area is 108 Å². The van der Waals surface area contributed by atoms with Gasteiger partial charge in [0.1, 0.15) is 11.5 Å². The van der Waals surface area contributed by atoms with Crippen molar-refractivity contribution in [1.29, 1.82) is 0 Å². The predicted molar refractivity (Wildman–Crippen MR) is 72.5 cm³/mol. The van der Waals surface area contributed by atoms with Crippen LogP contribution in [-0.4, -0.2) is 47.8 Å². The molecule has 6 nitrogen and oxygen atoms in total. The van der Waals surface area contributed by atoms with Gasteiger partial charge in [-0.3, -0.25) is 9.48 Å². The zero-order valence-corrected chi connectivity index (χ0v) is 11.6. The number of hydrogen-bond acceptors (Lipinski definition) is 4. The Morgan fingerprint density at radius 2 is 2.22 bits per heavy atom. The summed E-state index contributed by atoms with van der Waals surface area (Å²) in [6.45, 7) is 5.54. The average Bonchev–Trinajstić information content (AvgIpc) is 2.66. The van der Waals surface area contributed by atoms with Crippen LogP contribution in [0.15, 0.2) is 6.07 Å². The van der Waals surface area contributed by atoms with E-state index in [1.807, 2.05) is 27.9 Å². The van der Waals surface area contributed by atoms with Crippen LogP contribution in [0, 0.1) is 0 Å². The Kier molecular flexibility index (Phi) is 5.15. The summed E-state index contributed by atoms with van der Waals surface area (Å²) in [4.78, 5) is 14.1. The fraction of sp³-hybridized carbons (Fsp3) is 0.667. The predicted octanol–water partition coefficient (Wildman–Crippen LogP) is 0.728. The SMILES string of the molecule is CC(C)n1nc(N)cc1C(=O)NCCCN(C)C. The van der Waals surface area contributed by atoms with E-state index in [1.165, 1.54) is 0 Å². The molecule has 0 bridgehead atoms. The molecule has 0 aliphatic heterocycles. The molecule has 0 saturated carbocycles. The number of nitrogens with one attached hydrogen (secondary N) is 1. The molecular weight excluding hydrogens is 230 g/mol. The Bertz CT molecular complexity index is 397. The van der Waals surface area contributed by atoms with Crippen molar-refractivity contribution in [2.45, 2.75) is 26.3 Å². The highest BCUT2D eigenvalue weighted by Gasteiger charge is 2.15. The zero-order valence-electron chi connectivity index (χ0n) is 11.6. The lowest BCUT2D eigenvalue weighted by atomic mass is 10.3. The smallest absolute Gasteiger partial charge is 0.269 e. The molecule has 1 rings (SSSR count). The van der Waals surface area contributed by atoms with Crippen LogP contribution in [0.1, 0.15) is 36.8 Å². The molecule has 102 valence electrons. The highest BCUT2D eigenvalue weighted by molar-refractivity contribution is 5.93. The van der Waals surface area contributed by atoms with Crippen molar-refractivity contribution in [1.82, 2.24) is 20.0 Å².